The molecule has 4 heteroatoms. The monoisotopic (exact) mass is 280 g/mol. The van der Waals surface area contributed by atoms with Crippen LogP contribution < -0.4 is 0 Å². The molecule has 0 spiro atoms. The molecule has 0 amide bonds. The highest BCUT2D eigenvalue weighted by molar-refractivity contribution is 5.89. The Hall–Kier alpha value is -1.54. The minimum Gasteiger partial charge on any atom is -0.459 e. The zero-order valence-electron chi connectivity index (χ0n) is 12.8. The average Bonchev–Trinajstić information content (AvgIpc) is 2.35. The van der Waals surface area contributed by atoms with E-state index in [1.54, 1.807) is 27.7 Å². The van der Waals surface area contributed by atoms with Gasteiger partial charge in [-0.2, -0.15) is 0 Å². The predicted molar refractivity (Wildman–Crippen MR) is 76.1 cm³/mol. The summed E-state index contributed by atoms with van der Waals surface area (Å²) in [4.78, 5) is 23.3. The number of ether oxygens (including phenoxy) is 2. The first-order valence-electron chi connectivity index (χ1n) is 7.15. The van der Waals surface area contributed by atoms with Gasteiger partial charge in [0.2, 0.25) is 0 Å². The van der Waals surface area contributed by atoms with Crippen LogP contribution in [-0.2, 0) is 19.1 Å². The predicted octanol–water partition coefficient (Wildman–Crippen LogP) is 3.31. The van der Waals surface area contributed by atoms with Crippen molar-refractivity contribution in [2.45, 2.75) is 71.5 Å². The minimum atomic E-state index is -0.550. The molecule has 4 nitrogen and oxygen atoms in total. The van der Waals surface area contributed by atoms with E-state index in [1.165, 1.54) is 6.42 Å². The van der Waals surface area contributed by atoms with Gasteiger partial charge in [0.1, 0.15) is 11.7 Å². The van der Waals surface area contributed by atoms with Gasteiger partial charge in [0.05, 0.1) is 11.6 Å². The summed E-state index contributed by atoms with van der Waals surface area (Å²) in [5, 5.41) is 0. The van der Waals surface area contributed by atoms with E-state index in [9.17, 15) is 9.59 Å². The van der Waals surface area contributed by atoms with Crippen molar-refractivity contribution >= 4 is 11.9 Å². The van der Waals surface area contributed by atoms with Crippen LogP contribution in [0.2, 0.25) is 0 Å². The third kappa shape index (κ3) is 6.58. The second-order valence-corrected chi connectivity index (χ2v) is 6.11. The van der Waals surface area contributed by atoms with Crippen LogP contribution in [0.1, 0.15) is 59.8 Å². The average molecular weight is 280 g/mol. The van der Waals surface area contributed by atoms with Crippen LogP contribution in [0, 0.1) is 0 Å². The van der Waals surface area contributed by atoms with Gasteiger partial charge in [-0.15, -0.1) is 5.73 Å². The van der Waals surface area contributed by atoms with Crippen molar-refractivity contribution in [1.29, 1.82) is 0 Å². The molecule has 0 saturated heterocycles. The Balaban J connectivity index is 2.54. The van der Waals surface area contributed by atoms with Gasteiger partial charge < -0.3 is 9.47 Å². The molecule has 1 aliphatic rings. The van der Waals surface area contributed by atoms with E-state index in [2.05, 4.69) is 5.73 Å². The molecule has 1 saturated carbocycles. The van der Waals surface area contributed by atoms with E-state index in [0.29, 0.717) is 5.57 Å². The normalized spacial score (nSPS) is 16.0. The Morgan fingerprint density at radius 1 is 1.15 bits per heavy atom. The third-order valence-electron chi connectivity index (χ3n) is 2.95. The smallest absolute Gasteiger partial charge is 0.341 e. The van der Waals surface area contributed by atoms with E-state index in [-0.39, 0.29) is 6.10 Å². The Morgan fingerprint density at radius 3 is 2.30 bits per heavy atom. The molecule has 0 heterocycles. The van der Waals surface area contributed by atoms with Crippen molar-refractivity contribution in [3.63, 3.8) is 0 Å². The van der Waals surface area contributed by atoms with Crippen molar-refractivity contribution in [3.05, 3.63) is 17.4 Å². The van der Waals surface area contributed by atoms with Gasteiger partial charge in [-0.1, -0.05) is 6.42 Å². The van der Waals surface area contributed by atoms with Crippen LogP contribution in [0.4, 0.5) is 0 Å². The zero-order chi connectivity index (χ0) is 15.2. The van der Waals surface area contributed by atoms with Gasteiger partial charge in [0.25, 0.3) is 0 Å². The lowest BCUT2D eigenvalue weighted by molar-refractivity contribution is -0.148. The van der Waals surface area contributed by atoms with Gasteiger partial charge in [-0.3, -0.25) is 0 Å². The molecule has 1 rings (SSSR count). The lowest BCUT2D eigenvalue weighted by Crippen LogP contribution is -2.22. The zero-order valence-corrected chi connectivity index (χ0v) is 12.8. The van der Waals surface area contributed by atoms with Gasteiger partial charge in [-0.25, -0.2) is 9.59 Å². The molecule has 0 aromatic carbocycles. The lowest BCUT2D eigenvalue weighted by atomic mass is 9.98. The van der Waals surface area contributed by atoms with E-state index < -0.39 is 17.5 Å². The highest BCUT2D eigenvalue weighted by Gasteiger charge is 2.18. The summed E-state index contributed by atoms with van der Waals surface area (Å²) < 4.78 is 10.5. The first-order chi connectivity index (χ1) is 9.28. The summed E-state index contributed by atoms with van der Waals surface area (Å²) in [5.74, 6) is -0.918. The van der Waals surface area contributed by atoms with Gasteiger partial charge in [0.15, 0.2) is 0 Å². The molecule has 0 aromatic rings. The molecule has 0 radical (unpaired) electrons. The fourth-order valence-corrected chi connectivity index (χ4v) is 1.98. The van der Waals surface area contributed by atoms with E-state index >= 15 is 0 Å². The van der Waals surface area contributed by atoms with Crippen LogP contribution in [0.5, 0.6) is 0 Å². The summed E-state index contributed by atoms with van der Waals surface area (Å²) in [7, 11) is 0. The quantitative estimate of drug-likeness (QED) is 0.452. The molecular weight excluding hydrogens is 256 g/mol. The van der Waals surface area contributed by atoms with Gasteiger partial charge in [0, 0.05) is 0 Å². The van der Waals surface area contributed by atoms with Gasteiger partial charge in [-0.05, 0) is 53.4 Å². The third-order valence-corrected chi connectivity index (χ3v) is 2.95. The maximum Gasteiger partial charge on any atom is 0.341 e. The number of carbonyl (C=O) groups is 2. The molecule has 0 N–H and O–H groups in total. The second-order valence-electron chi connectivity index (χ2n) is 6.11. The van der Waals surface area contributed by atoms with Crippen molar-refractivity contribution in [2.75, 3.05) is 0 Å². The molecule has 0 unspecified atom stereocenters. The molecule has 20 heavy (non-hydrogen) atoms. The second kappa shape index (κ2) is 7.30. The maximum atomic E-state index is 11.8. The summed E-state index contributed by atoms with van der Waals surface area (Å²) in [6.45, 7) is 6.94. The first-order valence-corrected chi connectivity index (χ1v) is 7.15. The van der Waals surface area contributed by atoms with E-state index in [0.717, 1.165) is 31.8 Å². The SMILES string of the molecule is CC(=C=CC(=O)OC(C)(C)C)C(=O)OC1CCCCC1. The molecule has 0 aliphatic heterocycles. The van der Waals surface area contributed by atoms with Crippen molar-refractivity contribution in [1.82, 2.24) is 0 Å². The summed E-state index contributed by atoms with van der Waals surface area (Å²) in [6.07, 6.45) is 6.42. The first kappa shape index (κ1) is 16.5. The van der Waals surface area contributed by atoms with Crippen molar-refractivity contribution in [2.24, 2.45) is 0 Å². The molecule has 1 fully saturated rings. The molecule has 0 bridgehead atoms. The lowest BCUT2D eigenvalue weighted by Gasteiger charge is -2.21. The minimum absolute atomic E-state index is 0.00882. The number of esters is 2. The summed E-state index contributed by atoms with van der Waals surface area (Å²) in [5.41, 5.74) is 2.38. The Kier molecular flexibility index (Phi) is 6.03. The maximum absolute atomic E-state index is 11.8. The largest absolute Gasteiger partial charge is 0.459 e. The van der Waals surface area contributed by atoms with Crippen LogP contribution in [0.15, 0.2) is 17.4 Å². The number of rotatable bonds is 3. The van der Waals surface area contributed by atoms with Crippen molar-refractivity contribution < 1.29 is 19.1 Å². The molecular formula is C16H24O4. The summed E-state index contributed by atoms with van der Waals surface area (Å²) in [6, 6.07) is 0. The fourth-order valence-electron chi connectivity index (χ4n) is 1.98. The molecule has 0 aromatic heterocycles. The molecule has 0 atom stereocenters. The Morgan fingerprint density at radius 2 is 1.75 bits per heavy atom. The van der Waals surface area contributed by atoms with Crippen LogP contribution >= 0.6 is 0 Å². The Bertz CT molecular complexity index is 416. The molecule has 1 aliphatic carbocycles. The number of hydrogen-bond acceptors (Lipinski definition) is 4. The van der Waals surface area contributed by atoms with Crippen LogP contribution in [-0.4, -0.2) is 23.6 Å². The Labute approximate surface area is 120 Å². The number of carbonyl (C=O) groups excluding carboxylic acids is 2. The van der Waals surface area contributed by atoms with Crippen molar-refractivity contribution in [3.8, 4) is 0 Å². The van der Waals surface area contributed by atoms with Gasteiger partial charge >= 0.3 is 11.9 Å². The van der Waals surface area contributed by atoms with Crippen LogP contribution in [0.25, 0.3) is 0 Å². The highest BCUT2D eigenvalue weighted by Crippen LogP contribution is 2.21. The van der Waals surface area contributed by atoms with E-state index in [1.807, 2.05) is 0 Å². The number of hydrogen-bond donors (Lipinski definition) is 0. The highest BCUT2D eigenvalue weighted by atomic mass is 16.6. The summed E-state index contributed by atoms with van der Waals surface area (Å²) >= 11 is 0. The molecule has 112 valence electrons. The van der Waals surface area contributed by atoms with Crippen LogP contribution in [0.3, 0.4) is 0 Å². The standard InChI is InChI=1S/C16H24O4/c1-12(10-11-14(17)20-16(2,3)4)15(18)19-13-8-6-5-7-9-13/h11,13H,5-9H2,1-4H3. The van der Waals surface area contributed by atoms with E-state index in [4.69, 9.17) is 9.47 Å². The fraction of sp³-hybridized carbons (Fsp3) is 0.688. The topological polar surface area (TPSA) is 52.6 Å².